The summed E-state index contributed by atoms with van der Waals surface area (Å²) in [4.78, 5) is 8.50. The van der Waals surface area contributed by atoms with Crippen molar-refractivity contribution in [2.24, 2.45) is 0 Å². The molecule has 0 N–H and O–H groups in total. The lowest BCUT2D eigenvalue weighted by atomic mass is 10.1. The lowest BCUT2D eigenvalue weighted by molar-refractivity contribution is 0.594. The van der Waals surface area contributed by atoms with E-state index in [0.717, 1.165) is 27.5 Å². The standard InChI is InChI=1S/C15H14N2O2S3/c1-10-3-5-12(6-4-10)14-8-21-15(17-14)22(18,19)9-13-7-20-11(2)16-13/h3-8H,9H2,1-2H3. The van der Waals surface area contributed by atoms with Crippen molar-refractivity contribution in [3.05, 3.63) is 51.3 Å². The van der Waals surface area contributed by atoms with E-state index in [1.54, 1.807) is 10.8 Å². The molecule has 3 rings (SSSR count). The third-order valence-corrected chi connectivity index (χ3v) is 6.91. The zero-order valence-corrected chi connectivity index (χ0v) is 14.6. The highest BCUT2D eigenvalue weighted by Crippen LogP contribution is 2.27. The van der Waals surface area contributed by atoms with Crippen molar-refractivity contribution in [3.63, 3.8) is 0 Å². The van der Waals surface area contributed by atoms with Crippen molar-refractivity contribution in [3.8, 4) is 11.3 Å². The summed E-state index contributed by atoms with van der Waals surface area (Å²) in [5.74, 6) is -0.0990. The van der Waals surface area contributed by atoms with Crippen LogP contribution in [-0.4, -0.2) is 18.4 Å². The Kier molecular flexibility index (Phi) is 4.12. The summed E-state index contributed by atoms with van der Waals surface area (Å²) >= 11 is 2.61. The molecule has 0 bridgehead atoms. The number of rotatable bonds is 4. The van der Waals surface area contributed by atoms with E-state index in [1.807, 2.05) is 38.1 Å². The Morgan fingerprint density at radius 3 is 2.36 bits per heavy atom. The van der Waals surface area contributed by atoms with E-state index in [4.69, 9.17) is 0 Å². The number of benzene rings is 1. The fourth-order valence-electron chi connectivity index (χ4n) is 1.99. The molecule has 0 amide bonds. The first kappa shape index (κ1) is 15.3. The number of thiazole rings is 2. The summed E-state index contributed by atoms with van der Waals surface area (Å²) in [5.41, 5.74) is 3.35. The Labute approximate surface area is 137 Å². The molecule has 0 aliphatic heterocycles. The van der Waals surface area contributed by atoms with Gasteiger partial charge in [0.1, 0.15) is 5.75 Å². The van der Waals surface area contributed by atoms with Crippen LogP contribution < -0.4 is 0 Å². The molecule has 2 aromatic heterocycles. The van der Waals surface area contributed by atoms with Crippen LogP contribution in [0.2, 0.25) is 0 Å². The number of nitrogens with zero attached hydrogens (tertiary/aromatic N) is 2. The van der Waals surface area contributed by atoms with Crippen LogP contribution in [0.15, 0.2) is 39.4 Å². The molecular formula is C15H14N2O2S3. The van der Waals surface area contributed by atoms with Crippen molar-refractivity contribution in [1.29, 1.82) is 0 Å². The van der Waals surface area contributed by atoms with Crippen LogP contribution in [-0.2, 0) is 15.6 Å². The molecule has 114 valence electrons. The van der Waals surface area contributed by atoms with Gasteiger partial charge in [0.25, 0.3) is 0 Å². The molecule has 0 saturated carbocycles. The summed E-state index contributed by atoms with van der Waals surface area (Å²) in [5, 5.41) is 4.43. The largest absolute Gasteiger partial charge is 0.246 e. The lowest BCUT2D eigenvalue weighted by Gasteiger charge is -1.99. The molecule has 22 heavy (non-hydrogen) atoms. The summed E-state index contributed by atoms with van der Waals surface area (Å²) < 4.78 is 25.0. The quantitative estimate of drug-likeness (QED) is 0.717. The van der Waals surface area contributed by atoms with E-state index >= 15 is 0 Å². The summed E-state index contributed by atoms with van der Waals surface area (Å²) in [6.45, 7) is 3.87. The normalized spacial score (nSPS) is 11.7. The lowest BCUT2D eigenvalue weighted by Crippen LogP contribution is -2.05. The van der Waals surface area contributed by atoms with Gasteiger partial charge in [0, 0.05) is 16.3 Å². The topological polar surface area (TPSA) is 59.9 Å². The van der Waals surface area contributed by atoms with Crippen molar-refractivity contribution in [2.75, 3.05) is 0 Å². The van der Waals surface area contributed by atoms with Gasteiger partial charge in [-0.15, -0.1) is 22.7 Å². The molecule has 0 spiro atoms. The fourth-order valence-corrected chi connectivity index (χ4v) is 5.06. The molecule has 0 fully saturated rings. The maximum Gasteiger partial charge on any atom is 0.211 e. The summed E-state index contributed by atoms with van der Waals surface area (Å²) in [6.07, 6.45) is 0. The monoisotopic (exact) mass is 350 g/mol. The van der Waals surface area contributed by atoms with Crippen LogP contribution in [0.5, 0.6) is 0 Å². The maximum absolute atomic E-state index is 12.4. The van der Waals surface area contributed by atoms with Crippen LogP contribution in [0.4, 0.5) is 0 Å². The zero-order valence-electron chi connectivity index (χ0n) is 12.1. The Balaban J connectivity index is 1.87. The van der Waals surface area contributed by atoms with Gasteiger partial charge in [-0.1, -0.05) is 29.8 Å². The van der Waals surface area contributed by atoms with Gasteiger partial charge in [-0.25, -0.2) is 18.4 Å². The number of hydrogen-bond donors (Lipinski definition) is 0. The van der Waals surface area contributed by atoms with Crippen LogP contribution in [0.1, 0.15) is 16.3 Å². The van der Waals surface area contributed by atoms with Gasteiger partial charge in [0.05, 0.1) is 16.4 Å². The molecule has 0 radical (unpaired) electrons. The molecule has 3 aromatic rings. The molecule has 2 heterocycles. The average molecular weight is 350 g/mol. The van der Waals surface area contributed by atoms with Crippen molar-refractivity contribution < 1.29 is 8.42 Å². The predicted octanol–water partition coefficient (Wildman–Crippen LogP) is 3.86. The van der Waals surface area contributed by atoms with Gasteiger partial charge < -0.3 is 0 Å². The first-order chi connectivity index (χ1) is 10.4. The Morgan fingerprint density at radius 2 is 1.73 bits per heavy atom. The van der Waals surface area contributed by atoms with Gasteiger partial charge in [-0.3, -0.25) is 0 Å². The predicted molar refractivity (Wildman–Crippen MR) is 90.0 cm³/mol. The smallest absolute Gasteiger partial charge is 0.211 e. The molecule has 1 aromatic carbocycles. The highest BCUT2D eigenvalue weighted by molar-refractivity contribution is 7.92. The van der Waals surface area contributed by atoms with E-state index in [1.165, 1.54) is 11.3 Å². The minimum Gasteiger partial charge on any atom is -0.246 e. The van der Waals surface area contributed by atoms with Crippen molar-refractivity contribution in [1.82, 2.24) is 9.97 Å². The van der Waals surface area contributed by atoms with E-state index in [9.17, 15) is 8.42 Å². The van der Waals surface area contributed by atoms with Crippen LogP contribution in [0.3, 0.4) is 0 Å². The molecule has 0 aliphatic carbocycles. The third-order valence-electron chi connectivity index (χ3n) is 3.10. The van der Waals surface area contributed by atoms with E-state index in [0.29, 0.717) is 11.4 Å². The zero-order chi connectivity index (χ0) is 15.7. The number of aryl methyl sites for hydroxylation is 2. The van der Waals surface area contributed by atoms with Gasteiger partial charge in [-0.2, -0.15) is 0 Å². The Hall–Kier alpha value is -1.57. The molecule has 0 unspecified atom stereocenters. The first-order valence-electron chi connectivity index (χ1n) is 6.60. The fraction of sp³-hybridized carbons (Fsp3) is 0.200. The minimum atomic E-state index is -3.44. The van der Waals surface area contributed by atoms with Gasteiger partial charge in [0.15, 0.2) is 0 Å². The second kappa shape index (κ2) is 5.91. The van der Waals surface area contributed by atoms with Gasteiger partial charge >= 0.3 is 0 Å². The van der Waals surface area contributed by atoms with Gasteiger partial charge in [0.2, 0.25) is 14.2 Å². The maximum atomic E-state index is 12.4. The molecule has 7 heteroatoms. The highest BCUT2D eigenvalue weighted by atomic mass is 32.2. The molecular weight excluding hydrogens is 336 g/mol. The second-order valence-electron chi connectivity index (χ2n) is 4.98. The number of sulfone groups is 1. The number of aromatic nitrogens is 2. The summed E-state index contributed by atoms with van der Waals surface area (Å²) in [7, 11) is -3.44. The number of hydrogen-bond acceptors (Lipinski definition) is 6. The second-order valence-corrected chi connectivity index (χ2v) is 9.07. The molecule has 4 nitrogen and oxygen atoms in total. The highest BCUT2D eigenvalue weighted by Gasteiger charge is 2.21. The first-order valence-corrected chi connectivity index (χ1v) is 10.0. The van der Waals surface area contributed by atoms with Gasteiger partial charge in [-0.05, 0) is 13.8 Å². The third kappa shape index (κ3) is 3.26. The van der Waals surface area contributed by atoms with Crippen molar-refractivity contribution >= 4 is 32.5 Å². The minimum absolute atomic E-state index is 0.0990. The molecule has 0 saturated heterocycles. The van der Waals surface area contributed by atoms with Crippen LogP contribution in [0.25, 0.3) is 11.3 Å². The van der Waals surface area contributed by atoms with E-state index in [2.05, 4.69) is 9.97 Å². The molecule has 0 atom stereocenters. The Bertz CT molecular complexity index is 893. The Morgan fingerprint density at radius 1 is 1.00 bits per heavy atom. The van der Waals surface area contributed by atoms with Crippen LogP contribution in [0, 0.1) is 13.8 Å². The van der Waals surface area contributed by atoms with E-state index < -0.39 is 9.84 Å². The van der Waals surface area contributed by atoms with Crippen molar-refractivity contribution in [2.45, 2.75) is 23.9 Å². The SMILES string of the molecule is Cc1ccc(-c2csc(S(=O)(=O)Cc3csc(C)n3)n2)cc1. The van der Waals surface area contributed by atoms with E-state index in [-0.39, 0.29) is 10.1 Å². The average Bonchev–Trinajstić information content (AvgIpc) is 3.09. The summed E-state index contributed by atoms with van der Waals surface area (Å²) in [6, 6.07) is 7.87. The molecule has 0 aliphatic rings. The van der Waals surface area contributed by atoms with Crippen LogP contribution >= 0.6 is 22.7 Å².